The number of thiazole rings is 1. The van der Waals surface area contributed by atoms with Gasteiger partial charge in [0.25, 0.3) is 10.0 Å². The van der Waals surface area contributed by atoms with Gasteiger partial charge in [-0.05, 0) is 32.0 Å². The van der Waals surface area contributed by atoms with E-state index in [4.69, 9.17) is 4.74 Å². The molecule has 0 aliphatic rings. The van der Waals surface area contributed by atoms with Gasteiger partial charge in [-0.1, -0.05) is 29.0 Å². The maximum absolute atomic E-state index is 14.3. The Kier molecular flexibility index (Phi) is 5.73. The minimum atomic E-state index is -4.00. The predicted molar refractivity (Wildman–Crippen MR) is 100 cm³/mol. The Balaban J connectivity index is 2.19. The first-order valence-corrected chi connectivity index (χ1v) is 10.5. The van der Waals surface area contributed by atoms with Crippen molar-refractivity contribution in [1.82, 2.24) is 4.57 Å². The number of aryl methyl sites for hydroxylation is 1. The predicted octanol–water partition coefficient (Wildman–Crippen LogP) is 3.62. The maximum atomic E-state index is 14.3. The Bertz CT molecular complexity index is 1130. The summed E-state index contributed by atoms with van der Waals surface area (Å²) in [6.45, 7) is 4.57. The minimum absolute atomic E-state index is 0.0357. The average Bonchev–Trinajstić information content (AvgIpc) is 2.92. The van der Waals surface area contributed by atoms with Gasteiger partial charge in [0.05, 0.1) is 21.7 Å². The van der Waals surface area contributed by atoms with E-state index in [0.717, 1.165) is 29.0 Å². The fourth-order valence-electron chi connectivity index (χ4n) is 2.57. The smallest absolute Gasteiger partial charge is 0.285 e. The van der Waals surface area contributed by atoms with E-state index in [1.54, 1.807) is 12.1 Å². The highest BCUT2D eigenvalue weighted by Crippen LogP contribution is 2.23. The molecule has 0 aliphatic heterocycles. The van der Waals surface area contributed by atoms with E-state index in [-0.39, 0.29) is 33.1 Å². The van der Waals surface area contributed by atoms with Crippen LogP contribution in [0.15, 0.2) is 45.7 Å². The Hall–Kier alpha value is -2.10. The van der Waals surface area contributed by atoms with Gasteiger partial charge in [-0.2, -0.15) is 8.42 Å². The monoisotopic (exact) mass is 412 g/mol. The summed E-state index contributed by atoms with van der Waals surface area (Å²) in [5.41, 5.74) is 1.03. The van der Waals surface area contributed by atoms with Crippen LogP contribution < -0.4 is 4.80 Å². The number of fused-ring (bicyclic) bond motifs is 1. The number of hydrogen-bond acceptors (Lipinski definition) is 4. The van der Waals surface area contributed by atoms with Crippen molar-refractivity contribution in [3.05, 3.63) is 58.4 Å². The summed E-state index contributed by atoms with van der Waals surface area (Å²) in [6.07, 6.45) is 0. The highest BCUT2D eigenvalue weighted by Gasteiger charge is 2.17. The molecule has 5 nitrogen and oxygen atoms in total. The van der Waals surface area contributed by atoms with Crippen LogP contribution in [0.2, 0.25) is 0 Å². The van der Waals surface area contributed by atoms with Crippen molar-refractivity contribution in [2.45, 2.75) is 25.3 Å². The molecule has 0 fully saturated rings. The molecule has 27 heavy (non-hydrogen) atoms. The van der Waals surface area contributed by atoms with Gasteiger partial charge in [0, 0.05) is 19.2 Å². The first-order valence-electron chi connectivity index (χ1n) is 8.25. The number of sulfonamides is 1. The van der Waals surface area contributed by atoms with Crippen LogP contribution in [0, 0.1) is 18.6 Å². The van der Waals surface area contributed by atoms with Crippen LogP contribution in [0.4, 0.5) is 8.78 Å². The Labute approximate surface area is 159 Å². The SMILES string of the molecule is CCOCCn1c(=NS(=O)(=O)c2ccc(C)cc2)sc2cc(F)cc(F)c21. The molecule has 0 spiro atoms. The van der Waals surface area contributed by atoms with Crippen LogP contribution in [0.3, 0.4) is 0 Å². The molecule has 1 heterocycles. The molecule has 0 unspecified atom stereocenters. The lowest BCUT2D eigenvalue weighted by Gasteiger charge is -2.06. The zero-order chi connectivity index (χ0) is 19.6. The molecule has 0 atom stereocenters. The first-order chi connectivity index (χ1) is 12.8. The van der Waals surface area contributed by atoms with Crippen molar-refractivity contribution in [3.8, 4) is 0 Å². The summed E-state index contributed by atoms with van der Waals surface area (Å²) in [7, 11) is -4.00. The number of nitrogens with zero attached hydrogens (tertiary/aromatic N) is 2. The fourth-order valence-corrected chi connectivity index (χ4v) is 4.87. The first kappa shape index (κ1) is 19.7. The molecule has 0 amide bonds. The summed E-state index contributed by atoms with van der Waals surface area (Å²) in [5, 5.41) is 0. The molecule has 0 saturated heterocycles. The number of hydrogen-bond donors (Lipinski definition) is 0. The molecule has 0 saturated carbocycles. The number of benzene rings is 2. The van der Waals surface area contributed by atoms with E-state index in [0.29, 0.717) is 6.61 Å². The lowest BCUT2D eigenvalue weighted by atomic mass is 10.2. The third-order valence-corrected chi connectivity index (χ3v) is 6.30. The average molecular weight is 412 g/mol. The largest absolute Gasteiger partial charge is 0.380 e. The van der Waals surface area contributed by atoms with Crippen LogP contribution in [0.5, 0.6) is 0 Å². The van der Waals surface area contributed by atoms with Crippen molar-refractivity contribution >= 4 is 31.6 Å². The molecular formula is C18H18F2N2O3S2. The van der Waals surface area contributed by atoms with Gasteiger partial charge < -0.3 is 9.30 Å². The number of ether oxygens (including phenoxy) is 1. The van der Waals surface area contributed by atoms with E-state index >= 15 is 0 Å². The number of aromatic nitrogens is 1. The molecule has 3 aromatic rings. The lowest BCUT2D eigenvalue weighted by molar-refractivity contribution is 0.139. The Morgan fingerprint density at radius 2 is 1.89 bits per heavy atom. The molecule has 0 aliphatic carbocycles. The third kappa shape index (κ3) is 4.26. The summed E-state index contributed by atoms with van der Waals surface area (Å²) < 4.78 is 64.1. The molecule has 0 radical (unpaired) electrons. The molecule has 2 aromatic carbocycles. The lowest BCUT2D eigenvalue weighted by Crippen LogP contribution is -2.20. The summed E-state index contributed by atoms with van der Waals surface area (Å²) in [6, 6.07) is 8.21. The van der Waals surface area contributed by atoms with E-state index in [1.807, 2.05) is 13.8 Å². The second kappa shape index (κ2) is 7.87. The number of rotatable bonds is 6. The van der Waals surface area contributed by atoms with Gasteiger partial charge in [-0.25, -0.2) is 8.78 Å². The van der Waals surface area contributed by atoms with Crippen molar-refractivity contribution in [3.63, 3.8) is 0 Å². The summed E-state index contributed by atoms with van der Waals surface area (Å²) in [5.74, 6) is -1.50. The van der Waals surface area contributed by atoms with Crippen LogP contribution in [-0.2, 0) is 21.3 Å². The standard InChI is InChI=1S/C18H18F2N2O3S2/c1-3-25-9-8-22-17-15(20)10-13(19)11-16(17)26-18(22)21-27(23,24)14-6-4-12(2)5-7-14/h4-7,10-11H,3,8-9H2,1-2H3. The molecule has 144 valence electrons. The van der Waals surface area contributed by atoms with Crippen molar-refractivity contribution in [2.75, 3.05) is 13.2 Å². The normalized spacial score (nSPS) is 12.8. The molecule has 1 aromatic heterocycles. The van der Waals surface area contributed by atoms with Crippen LogP contribution >= 0.6 is 11.3 Å². The van der Waals surface area contributed by atoms with E-state index in [9.17, 15) is 17.2 Å². The highest BCUT2D eigenvalue weighted by molar-refractivity contribution is 7.90. The topological polar surface area (TPSA) is 60.7 Å². The highest BCUT2D eigenvalue weighted by atomic mass is 32.2. The quantitative estimate of drug-likeness (QED) is 0.581. The maximum Gasteiger partial charge on any atom is 0.285 e. The van der Waals surface area contributed by atoms with Crippen LogP contribution in [0.25, 0.3) is 10.2 Å². The third-order valence-electron chi connectivity index (χ3n) is 3.88. The van der Waals surface area contributed by atoms with Crippen LogP contribution in [0.1, 0.15) is 12.5 Å². The van der Waals surface area contributed by atoms with Gasteiger partial charge in [-0.3, -0.25) is 0 Å². The van der Waals surface area contributed by atoms with Gasteiger partial charge in [-0.15, -0.1) is 4.40 Å². The molecule has 9 heteroatoms. The van der Waals surface area contributed by atoms with E-state index in [1.165, 1.54) is 16.7 Å². The Morgan fingerprint density at radius 1 is 1.19 bits per heavy atom. The van der Waals surface area contributed by atoms with Crippen molar-refractivity contribution in [2.24, 2.45) is 4.40 Å². The second-order valence-corrected chi connectivity index (χ2v) is 8.46. The Morgan fingerprint density at radius 3 is 2.56 bits per heavy atom. The second-order valence-electron chi connectivity index (χ2n) is 5.85. The van der Waals surface area contributed by atoms with E-state index in [2.05, 4.69) is 4.40 Å². The molecule has 0 N–H and O–H groups in total. The fraction of sp³-hybridized carbons (Fsp3) is 0.278. The molecule has 3 rings (SSSR count). The van der Waals surface area contributed by atoms with E-state index < -0.39 is 21.7 Å². The van der Waals surface area contributed by atoms with Gasteiger partial charge in [0.1, 0.15) is 5.82 Å². The van der Waals surface area contributed by atoms with Gasteiger partial charge >= 0.3 is 0 Å². The van der Waals surface area contributed by atoms with Crippen molar-refractivity contribution in [1.29, 1.82) is 0 Å². The van der Waals surface area contributed by atoms with Crippen LogP contribution in [-0.4, -0.2) is 26.2 Å². The minimum Gasteiger partial charge on any atom is -0.380 e. The molecule has 0 bridgehead atoms. The zero-order valence-electron chi connectivity index (χ0n) is 14.8. The number of halogens is 2. The zero-order valence-corrected chi connectivity index (χ0v) is 16.4. The van der Waals surface area contributed by atoms with Gasteiger partial charge in [0.2, 0.25) is 4.80 Å². The molecular weight excluding hydrogens is 394 g/mol. The summed E-state index contributed by atoms with van der Waals surface area (Å²) in [4.78, 5) is 0.100. The van der Waals surface area contributed by atoms with Gasteiger partial charge in [0.15, 0.2) is 5.82 Å². The van der Waals surface area contributed by atoms with Crippen molar-refractivity contribution < 1.29 is 21.9 Å². The summed E-state index contributed by atoms with van der Waals surface area (Å²) >= 11 is 0.917.